The molecule has 0 aliphatic heterocycles. The first kappa shape index (κ1) is 10.9. The van der Waals surface area contributed by atoms with E-state index in [1.54, 1.807) is 6.92 Å². The van der Waals surface area contributed by atoms with Crippen LogP contribution in [0.2, 0.25) is 0 Å². The van der Waals surface area contributed by atoms with E-state index in [9.17, 15) is 0 Å². The predicted molar refractivity (Wildman–Crippen MR) is 55.7 cm³/mol. The molecule has 0 saturated heterocycles. The molecule has 1 heteroatoms. The fraction of sp³-hybridized carbons (Fsp3) is 0.364. The molecular weight excluding hydrogens is 146 g/mol. The van der Waals surface area contributed by atoms with E-state index in [1.807, 2.05) is 32.9 Å². The highest BCUT2D eigenvalue weighted by molar-refractivity contribution is 5.95. The average Bonchev–Trinajstić information content (AvgIpc) is 1.98. The monoisotopic (exact) mass is 163 g/mol. The maximum absolute atomic E-state index is 7.38. The van der Waals surface area contributed by atoms with Gasteiger partial charge in [0, 0.05) is 5.71 Å². The van der Waals surface area contributed by atoms with Crippen LogP contribution in [0.25, 0.3) is 0 Å². The van der Waals surface area contributed by atoms with Crippen molar-refractivity contribution in [2.75, 3.05) is 0 Å². The molecule has 0 radical (unpaired) electrons. The summed E-state index contributed by atoms with van der Waals surface area (Å²) in [4.78, 5) is 0. The molecule has 0 aliphatic rings. The van der Waals surface area contributed by atoms with Crippen LogP contribution in [-0.2, 0) is 0 Å². The molecule has 0 aromatic rings. The molecule has 0 fully saturated rings. The SMILES string of the molecule is C=CC(/C=C(/C)C(C)=N)=C(C)C. The lowest BCUT2D eigenvalue weighted by Crippen LogP contribution is -1.91. The molecule has 1 nitrogen and oxygen atoms in total. The van der Waals surface area contributed by atoms with Gasteiger partial charge < -0.3 is 5.41 Å². The molecule has 66 valence electrons. The Labute approximate surface area is 75.0 Å². The smallest absolute Gasteiger partial charge is 0.0312 e. The molecule has 0 aliphatic carbocycles. The van der Waals surface area contributed by atoms with Crippen LogP contribution in [-0.4, -0.2) is 5.71 Å². The summed E-state index contributed by atoms with van der Waals surface area (Å²) in [6, 6.07) is 0. The lowest BCUT2D eigenvalue weighted by atomic mass is 10.1. The minimum Gasteiger partial charge on any atom is -0.305 e. The van der Waals surface area contributed by atoms with Crippen molar-refractivity contribution in [3.05, 3.63) is 35.5 Å². The van der Waals surface area contributed by atoms with Gasteiger partial charge in [0.05, 0.1) is 0 Å². The Balaban J connectivity index is 4.84. The van der Waals surface area contributed by atoms with E-state index >= 15 is 0 Å². The van der Waals surface area contributed by atoms with Gasteiger partial charge in [-0.3, -0.25) is 0 Å². The van der Waals surface area contributed by atoms with E-state index in [1.165, 1.54) is 5.57 Å². The molecule has 0 atom stereocenters. The Morgan fingerprint density at radius 3 is 1.92 bits per heavy atom. The number of nitrogens with one attached hydrogen (secondary N) is 1. The highest BCUT2D eigenvalue weighted by atomic mass is 14.4. The van der Waals surface area contributed by atoms with Gasteiger partial charge in [-0.15, -0.1) is 0 Å². The molecule has 0 amide bonds. The molecule has 0 saturated carbocycles. The van der Waals surface area contributed by atoms with Crippen LogP contribution in [0.1, 0.15) is 27.7 Å². The normalized spacial score (nSPS) is 10.8. The number of rotatable bonds is 3. The van der Waals surface area contributed by atoms with E-state index in [2.05, 4.69) is 6.58 Å². The number of allylic oxidation sites excluding steroid dienone is 5. The van der Waals surface area contributed by atoms with Crippen molar-refractivity contribution in [3.63, 3.8) is 0 Å². The van der Waals surface area contributed by atoms with E-state index in [0.717, 1.165) is 11.1 Å². The second-order valence-corrected chi connectivity index (χ2v) is 3.11. The minimum absolute atomic E-state index is 0.607. The van der Waals surface area contributed by atoms with Crippen molar-refractivity contribution in [1.82, 2.24) is 0 Å². The fourth-order valence-corrected chi connectivity index (χ4v) is 0.749. The lowest BCUT2D eigenvalue weighted by Gasteiger charge is -2.00. The van der Waals surface area contributed by atoms with Gasteiger partial charge in [0.25, 0.3) is 0 Å². The quantitative estimate of drug-likeness (QED) is 0.486. The first-order valence-corrected chi connectivity index (χ1v) is 4.02. The third-order valence-corrected chi connectivity index (χ3v) is 1.76. The van der Waals surface area contributed by atoms with Gasteiger partial charge in [-0.05, 0) is 38.8 Å². The van der Waals surface area contributed by atoms with Crippen molar-refractivity contribution >= 4 is 5.71 Å². The van der Waals surface area contributed by atoms with Gasteiger partial charge in [0.15, 0.2) is 0 Å². The molecule has 0 heterocycles. The van der Waals surface area contributed by atoms with E-state index in [-0.39, 0.29) is 0 Å². The van der Waals surface area contributed by atoms with Crippen molar-refractivity contribution in [1.29, 1.82) is 5.41 Å². The standard InChI is InChI=1S/C11H17N/c1-6-11(8(2)3)7-9(4)10(5)12/h6-7,12H,1H2,2-5H3/b9-7-,12-10?. The Morgan fingerprint density at radius 1 is 1.17 bits per heavy atom. The summed E-state index contributed by atoms with van der Waals surface area (Å²) in [6.07, 6.45) is 3.81. The Bertz CT molecular complexity index is 250. The molecule has 0 rings (SSSR count). The minimum atomic E-state index is 0.607. The maximum atomic E-state index is 7.38. The number of hydrogen-bond acceptors (Lipinski definition) is 1. The molecule has 0 bridgehead atoms. The third-order valence-electron chi connectivity index (χ3n) is 1.76. The van der Waals surface area contributed by atoms with Gasteiger partial charge in [0.2, 0.25) is 0 Å². The predicted octanol–water partition coefficient (Wildman–Crippen LogP) is 3.49. The lowest BCUT2D eigenvalue weighted by molar-refractivity contribution is 1.33. The first-order valence-electron chi connectivity index (χ1n) is 4.02. The summed E-state index contributed by atoms with van der Waals surface area (Å²) in [6.45, 7) is 11.5. The zero-order valence-electron chi connectivity index (χ0n) is 8.36. The zero-order valence-corrected chi connectivity index (χ0v) is 8.36. The topological polar surface area (TPSA) is 23.9 Å². The van der Waals surface area contributed by atoms with Gasteiger partial charge in [0.1, 0.15) is 0 Å². The second-order valence-electron chi connectivity index (χ2n) is 3.11. The van der Waals surface area contributed by atoms with Gasteiger partial charge >= 0.3 is 0 Å². The summed E-state index contributed by atoms with van der Waals surface area (Å²) in [5, 5.41) is 7.38. The van der Waals surface area contributed by atoms with Crippen molar-refractivity contribution in [3.8, 4) is 0 Å². The van der Waals surface area contributed by atoms with E-state index < -0.39 is 0 Å². The molecule has 0 aromatic carbocycles. The molecule has 0 unspecified atom stereocenters. The maximum Gasteiger partial charge on any atom is 0.0312 e. The van der Waals surface area contributed by atoms with Crippen LogP contribution in [0, 0.1) is 5.41 Å². The summed E-state index contributed by atoms with van der Waals surface area (Å²) in [5.74, 6) is 0. The molecular formula is C11H17N. The van der Waals surface area contributed by atoms with E-state index in [0.29, 0.717) is 5.71 Å². The van der Waals surface area contributed by atoms with Crippen LogP contribution in [0.15, 0.2) is 35.5 Å². The summed E-state index contributed by atoms with van der Waals surface area (Å²) in [5.41, 5.74) is 3.94. The van der Waals surface area contributed by atoms with E-state index in [4.69, 9.17) is 5.41 Å². The van der Waals surface area contributed by atoms with Crippen molar-refractivity contribution in [2.24, 2.45) is 0 Å². The molecule has 0 spiro atoms. The summed E-state index contributed by atoms with van der Waals surface area (Å²) < 4.78 is 0. The zero-order chi connectivity index (χ0) is 9.72. The summed E-state index contributed by atoms with van der Waals surface area (Å²) in [7, 11) is 0. The number of hydrogen-bond donors (Lipinski definition) is 1. The fourth-order valence-electron chi connectivity index (χ4n) is 0.749. The van der Waals surface area contributed by atoms with Gasteiger partial charge in [-0.25, -0.2) is 0 Å². The molecule has 0 aromatic heterocycles. The highest BCUT2D eigenvalue weighted by Crippen LogP contribution is 2.09. The summed E-state index contributed by atoms with van der Waals surface area (Å²) >= 11 is 0. The Kier molecular flexibility index (Phi) is 4.27. The first-order chi connectivity index (χ1) is 5.49. The molecule has 12 heavy (non-hydrogen) atoms. The third kappa shape index (κ3) is 3.33. The Hall–Kier alpha value is -1.11. The van der Waals surface area contributed by atoms with Crippen LogP contribution < -0.4 is 0 Å². The van der Waals surface area contributed by atoms with Crippen LogP contribution >= 0.6 is 0 Å². The van der Waals surface area contributed by atoms with Crippen LogP contribution in [0.4, 0.5) is 0 Å². The highest BCUT2D eigenvalue weighted by Gasteiger charge is 1.94. The van der Waals surface area contributed by atoms with Crippen molar-refractivity contribution < 1.29 is 0 Å². The second kappa shape index (κ2) is 4.70. The van der Waals surface area contributed by atoms with Crippen molar-refractivity contribution in [2.45, 2.75) is 27.7 Å². The van der Waals surface area contributed by atoms with Gasteiger partial charge in [-0.2, -0.15) is 0 Å². The average molecular weight is 163 g/mol. The van der Waals surface area contributed by atoms with Crippen LogP contribution in [0.5, 0.6) is 0 Å². The largest absolute Gasteiger partial charge is 0.305 e. The van der Waals surface area contributed by atoms with Gasteiger partial charge in [-0.1, -0.05) is 24.3 Å². The Morgan fingerprint density at radius 2 is 1.67 bits per heavy atom. The molecule has 1 N–H and O–H groups in total. The van der Waals surface area contributed by atoms with Crippen LogP contribution in [0.3, 0.4) is 0 Å².